The fraction of sp³-hybridized carbons (Fsp3) is 0.274. The van der Waals surface area contributed by atoms with Gasteiger partial charge in [0.25, 0.3) is 0 Å². The Kier molecular flexibility index (Phi) is 13.5. The van der Waals surface area contributed by atoms with Crippen LogP contribution in [-0.4, -0.2) is 23.0 Å². The summed E-state index contributed by atoms with van der Waals surface area (Å²) in [5.74, 6) is -1.63. The number of furan rings is 1. The van der Waals surface area contributed by atoms with E-state index in [4.69, 9.17) is 16.3 Å². The van der Waals surface area contributed by atoms with E-state index in [0.717, 1.165) is 76.0 Å². The average molecular weight is 1120 g/mol. The van der Waals surface area contributed by atoms with Crippen LogP contribution in [0.3, 0.4) is 0 Å². The fourth-order valence-electron chi connectivity index (χ4n) is 9.08. The molecule has 0 unspecified atom stereocenters. The maximum Gasteiger partial charge on any atom is 0.216 e. The molecular weight excluding hydrogens is 1060 g/mol. The van der Waals surface area contributed by atoms with Gasteiger partial charge >= 0.3 is 0 Å². The minimum Gasteiger partial charge on any atom is -0.486 e. The molecule has 0 spiro atoms. The molecule has 359 valence electrons. The van der Waals surface area contributed by atoms with Gasteiger partial charge in [-0.3, -0.25) is 4.39 Å². The molecule has 0 atom stereocenters. The molecule has 70 heavy (non-hydrogen) atoms. The van der Waals surface area contributed by atoms with Gasteiger partial charge in [0.1, 0.15) is 0 Å². The Morgan fingerprint density at radius 2 is 1.40 bits per heavy atom. The number of halogens is 1. The first kappa shape index (κ1) is 43.9. The van der Waals surface area contributed by atoms with Crippen LogP contribution >= 0.6 is 0 Å². The van der Waals surface area contributed by atoms with Crippen molar-refractivity contribution in [3.8, 4) is 33.8 Å². The topological polar surface area (TPSA) is 55.1 Å². The summed E-state index contributed by atoms with van der Waals surface area (Å²) in [6.45, 7) is 16.1. The molecule has 0 N–H and O–H groups in total. The molecule has 8 heteroatoms. The van der Waals surface area contributed by atoms with Gasteiger partial charge in [0, 0.05) is 67.5 Å². The van der Waals surface area contributed by atoms with E-state index in [1.165, 1.54) is 6.07 Å². The van der Waals surface area contributed by atoms with Gasteiger partial charge in [0.2, 0.25) is 5.71 Å². The Balaban J connectivity index is 0.000000197. The number of nitrogens with zero attached hydrogens (tertiary/aromatic N) is 4. The van der Waals surface area contributed by atoms with Gasteiger partial charge in [-0.25, -0.2) is 4.98 Å². The molecule has 1 aliphatic carbocycles. The second-order valence-electron chi connectivity index (χ2n) is 20.2. The molecule has 0 amide bonds. The zero-order chi connectivity index (χ0) is 52.8. The number of hydrogen-bond donors (Lipinski definition) is 0. The fourth-order valence-corrected chi connectivity index (χ4v) is 10.5. The first-order chi connectivity index (χ1) is 35.0. The number of aromatic nitrogens is 3. The van der Waals surface area contributed by atoms with Crippen LogP contribution in [-0.2, 0) is 32.9 Å². The number of benzene rings is 5. The second-order valence-corrected chi connectivity index (χ2v) is 25.2. The van der Waals surface area contributed by atoms with E-state index in [1.54, 1.807) is 26.1 Å². The Bertz CT molecular complexity index is 3400. The van der Waals surface area contributed by atoms with Crippen molar-refractivity contribution >= 4 is 52.4 Å². The van der Waals surface area contributed by atoms with Gasteiger partial charge in [-0.15, -0.1) is 42.0 Å². The van der Waals surface area contributed by atoms with E-state index < -0.39 is 37.9 Å². The summed E-state index contributed by atoms with van der Waals surface area (Å²) < 4.78 is 66.3. The monoisotopic (exact) mass is 1120 g/mol. The van der Waals surface area contributed by atoms with E-state index >= 15 is 4.39 Å². The summed E-state index contributed by atoms with van der Waals surface area (Å²) in [6.07, 6.45) is 4.01. The van der Waals surface area contributed by atoms with Crippen molar-refractivity contribution in [3.05, 3.63) is 187 Å². The van der Waals surface area contributed by atoms with E-state index in [9.17, 15) is 0 Å². The molecule has 4 aromatic heterocycles. The molecule has 0 saturated heterocycles. The Morgan fingerprint density at radius 3 is 2.03 bits per heavy atom. The molecular formula is C62H63FIrN4OSi-2. The van der Waals surface area contributed by atoms with Crippen molar-refractivity contribution in [2.75, 3.05) is 4.90 Å². The molecule has 4 heterocycles. The van der Waals surface area contributed by atoms with Crippen LogP contribution in [0.15, 0.2) is 156 Å². The van der Waals surface area contributed by atoms with Crippen molar-refractivity contribution in [1.82, 2.24) is 15.0 Å². The predicted octanol–water partition coefficient (Wildman–Crippen LogP) is 16.7. The first-order valence-electron chi connectivity index (χ1n) is 26.5. The van der Waals surface area contributed by atoms with E-state index in [-0.39, 0.29) is 31.6 Å². The molecule has 1 aliphatic rings. The standard InChI is InChI=1S/C31H28FN2O.C31H35N2Si.Ir/c1-19(2)25-18-33-28(17-22(25)16-20-8-6-7-9-20)23-12-14-26(32)29-24-13-15-27(21-10-4-3-5-11-21)34-31(24)35-30(23)29;1-31(2,3)22-25-21-29(32-23-30(25)34(4,5)6)24-14-13-19-28(20-24)33(26-15-9-7-10-16-26)27-17-11-8-12-18-27;/h3-5,10-11,13-15,17-20H,6-9,16H2,1-2H3;7-13,15-21,23H,22H2,1-6H3;/q2*-1;/i16D2,19D;22D2;. The molecule has 10 rings (SSSR count). The number of hydrogen-bond acceptors (Lipinski definition) is 5. The number of rotatable bonds is 11. The summed E-state index contributed by atoms with van der Waals surface area (Å²) in [6, 6.07) is 51.3. The molecule has 9 aromatic rings. The smallest absolute Gasteiger partial charge is 0.216 e. The van der Waals surface area contributed by atoms with Crippen molar-refractivity contribution < 1.29 is 35.8 Å². The van der Waals surface area contributed by atoms with Crippen LogP contribution in [0, 0.1) is 29.3 Å². The predicted molar refractivity (Wildman–Crippen MR) is 288 cm³/mol. The summed E-state index contributed by atoms with van der Waals surface area (Å²) in [4.78, 5) is 16.3. The van der Waals surface area contributed by atoms with Gasteiger partial charge < -0.3 is 19.3 Å². The van der Waals surface area contributed by atoms with Gasteiger partial charge in [-0.1, -0.05) is 170 Å². The molecule has 1 fully saturated rings. The molecule has 1 saturated carbocycles. The number of anilines is 3. The molecule has 0 bridgehead atoms. The molecule has 5 aromatic carbocycles. The normalized spacial score (nSPS) is 14.7. The second kappa shape index (κ2) is 21.5. The van der Waals surface area contributed by atoms with Crippen molar-refractivity contribution in [2.45, 2.75) is 98.6 Å². The number of para-hydroxylation sites is 2. The van der Waals surface area contributed by atoms with E-state index in [2.05, 4.69) is 83.0 Å². The van der Waals surface area contributed by atoms with Crippen LogP contribution < -0.4 is 10.1 Å². The molecule has 5 nitrogen and oxygen atoms in total. The minimum atomic E-state index is -1.83. The maximum atomic E-state index is 15.1. The van der Waals surface area contributed by atoms with Crippen LogP contribution in [0.5, 0.6) is 0 Å². The van der Waals surface area contributed by atoms with Crippen molar-refractivity contribution in [3.63, 3.8) is 0 Å². The van der Waals surface area contributed by atoms with E-state index in [1.807, 2.05) is 118 Å². The van der Waals surface area contributed by atoms with Crippen molar-refractivity contribution in [1.29, 1.82) is 0 Å². The molecule has 1 radical (unpaired) electrons. The largest absolute Gasteiger partial charge is 0.486 e. The van der Waals surface area contributed by atoms with Crippen LogP contribution in [0.2, 0.25) is 19.6 Å². The Morgan fingerprint density at radius 1 is 0.771 bits per heavy atom. The first-order valence-corrected chi connectivity index (χ1v) is 27.5. The zero-order valence-electron chi connectivity index (χ0n) is 46.2. The van der Waals surface area contributed by atoms with Crippen LogP contribution in [0.1, 0.15) is 89.7 Å². The average Bonchev–Trinajstić information content (AvgIpc) is 4.07. The third-order valence-electron chi connectivity index (χ3n) is 12.4. The third-order valence-corrected chi connectivity index (χ3v) is 14.4. The van der Waals surface area contributed by atoms with Gasteiger partial charge in [-0.05, 0) is 105 Å². The van der Waals surface area contributed by atoms with Crippen LogP contribution in [0.4, 0.5) is 21.5 Å². The third kappa shape index (κ3) is 11.4. The SMILES string of the molecule is [2H]C(C)(C)c1cnc(-c2[c-]cc(F)c3c2oc2nc(-c4ccccc4)ccc23)cc1C([2H])([2H])C1CCCC1.[2H]C([2H])(c1cc(-c2[c-]ccc(N(c3ccccc3)c3ccccc3)c2)ncc1[Si](C)(C)C)C(C)(C)C.[Ir]. The zero-order valence-corrected chi connectivity index (χ0v) is 44.6. The quantitative estimate of drug-likeness (QED) is 0.0954. The Hall–Kier alpha value is -6.05. The summed E-state index contributed by atoms with van der Waals surface area (Å²) in [5.41, 5.74) is 9.02. The van der Waals surface area contributed by atoms with Crippen molar-refractivity contribution in [2.24, 2.45) is 11.3 Å². The summed E-state index contributed by atoms with van der Waals surface area (Å²) in [7, 11) is -1.83. The Labute approximate surface area is 436 Å². The van der Waals surface area contributed by atoms with Crippen LogP contribution in [0.25, 0.3) is 55.8 Å². The van der Waals surface area contributed by atoms with Gasteiger partial charge in [0.15, 0.2) is 0 Å². The van der Waals surface area contributed by atoms with Gasteiger partial charge in [-0.2, -0.15) is 0 Å². The van der Waals surface area contributed by atoms with Gasteiger partial charge in [0.05, 0.1) is 19.4 Å². The number of pyridine rings is 3. The number of fused-ring (bicyclic) bond motifs is 3. The van der Waals surface area contributed by atoms with E-state index in [0.29, 0.717) is 38.9 Å². The minimum absolute atomic E-state index is 0. The maximum absolute atomic E-state index is 15.1. The molecule has 0 aliphatic heterocycles. The summed E-state index contributed by atoms with van der Waals surface area (Å²) in [5, 5.41) is 1.92. The summed E-state index contributed by atoms with van der Waals surface area (Å²) >= 11 is 0.